The molecule has 0 aliphatic heterocycles. The standard InChI is InChI=1S/C57H35N5S/c1-2-14-36(15-3-1)37-16-12-18-40(32-37)55-58-56(60-57(59-55)62-50-25-9-5-20-43(50)44-21-6-10-26-51(44)62)41-29-30-46-45-22-4-8-24-49(45)61(52(46)34-41)42-19-13-17-38(33-42)39-28-31-48-47-23-7-11-27-53(47)63-54(48)35-39/h1-35H. The van der Waals surface area contributed by atoms with Crippen LogP contribution in [0.15, 0.2) is 212 Å². The van der Waals surface area contributed by atoms with E-state index in [1.807, 2.05) is 17.4 Å². The van der Waals surface area contributed by atoms with Crippen molar-refractivity contribution in [3.63, 3.8) is 0 Å². The highest BCUT2D eigenvalue weighted by Crippen LogP contribution is 2.39. The van der Waals surface area contributed by atoms with Gasteiger partial charge in [-0.15, -0.1) is 11.3 Å². The van der Waals surface area contributed by atoms with E-state index in [1.165, 1.54) is 42.1 Å². The zero-order valence-electron chi connectivity index (χ0n) is 33.9. The average Bonchev–Trinajstić information content (AvgIpc) is 4.01. The maximum atomic E-state index is 5.34. The molecule has 0 fully saturated rings. The second-order valence-corrected chi connectivity index (χ2v) is 17.1. The number of thiophene rings is 1. The van der Waals surface area contributed by atoms with Crippen LogP contribution in [0.25, 0.3) is 120 Å². The van der Waals surface area contributed by atoms with Crippen molar-refractivity contribution >= 4 is 75.1 Å². The van der Waals surface area contributed by atoms with Gasteiger partial charge in [0.15, 0.2) is 11.6 Å². The smallest absolute Gasteiger partial charge is 0.238 e. The van der Waals surface area contributed by atoms with Crippen LogP contribution < -0.4 is 0 Å². The zero-order valence-corrected chi connectivity index (χ0v) is 34.7. The molecule has 0 spiro atoms. The van der Waals surface area contributed by atoms with E-state index < -0.39 is 0 Å². The molecule has 13 aromatic rings. The highest BCUT2D eigenvalue weighted by Gasteiger charge is 2.20. The van der Waals surface area contributed by atoms with Crippen LogP contribution in [-0.2, 0) is 0 Å². The summed E-state index contributed by atoms with van der Waals surface area (Å²) in [4.78, 5) is 15.9. The fourth-order valence-corrected chi connectivity index (χ4v) is 10.6. The first kappa shape index (κ1) is 35.6. The Hall–Kier alpha value is -8.19. The molecule has 0 saturated heterocycles. The average molecular weight is 822 g/mol. The maximum absolute atomic E-state index is 5.34. The van der Waals surface area contributed by atoms with Crippen LogP contribution in [0.4, 0.5) is 0 Å². The molecule has 0 atom stereocenters. The number of hydrogen-bond donors (Lipinski definition) is 0. The minimum absolute atomic E-state index is 0.571. The molecular weight excluding hydrogens is 787 g/mol. The van der Waals surface area contributed by atoms with Crippen molar-refractivity contribution in [2.45, 2.75) is 0 Å². The highest BCUT2D eigenvalue weighted by atomic mass is 32.1. The van der Waals surface area contributed by atoms with Gasteiger partial charge in [-0.2, -0.15) is 9.97 Å². The topological polar surface area (TPSA) is 48.5 Å². The molecule has 6 heteroatoms. The van der Waals surface area contributed by atoms with Crippen molar-refractivity contribution in [3.05, 3.63) is 212 Å². The van der Waals surface area contributed by atoms with Crippen molar-refractivity contribution in [3.8, 4) is 56.7 Å². The Morgan fingerprint density at radius 2 is 0.778 bits per heavy atom. The SMILES string of the molecule is c1ccc(-c2cccc(-c3nc(-c4ccc5c6ccccc6n(-c6cccc(-c7ccc8c(c7)sc7ccccc78)c6)c5c4)nc(-n4c5ccccc5c5ccccc54)n3)c2)cc1. The molecule has 9 aromatic carbocycles. The monoisotopic (exact) mass is 821 g/mol. The molecule has 13 rings (SSSR count). The summed E-state index contributed by atoms with van der Waals surface area (Å²) in [6, 6.07) is 75.7. The van der Waals surface area contributed by atoms with Gasteiger partial charge in [0.25, 0.3) is 0 Å². The van der Waals surface area contributed by atoms with Crippen LogP contribution in [0.3, 0.4) is 0 Å². The highest BCUT2D eigenvalue weighted by molar-refractivity contribution is 7.25. The van der Waals surface area contributed by atoms with Gasteiger partial charge in [0.05, 0.1) is 22.1 Å². The van der Waals surface area contributed by atoms with Crippen LogP contribution in [-0.4, -0.2) is 24.1 Å². The molecule has 0 aliphatic rings. The van der Waals surface area contributed by atoms with E-state index >= 15 is 0 Å². The molecule has 0 N–H and O–H groups in total. The molecule has 0 radical (unpaired) electrons. The molecule has 0 bridgehead atoms. The molecule has 0 aliphatic carbocycles. The van der Waals surface area contributed by atoms with Crippen molar-refractivity contribution in [2.24, 2.45) is 0 Å². The number of hydrogen-bond acceptors (Lipinski definition) is 4. The van der Waals surface area contributed by atoms with E-state index in [1.54, 1.807) is 0 Å². The second kappa shape index (κ2) is 14.2. The number of nitrogens with zero attached hydrogens (tertiary/aromatic N) is 5. The minimum atomic E-state index is 0.571. The Labute approximate surface area is 366 Å². The summed E-state index contributed by atoms with van der Waals surface area (Å²) in [5.74, 6) is 1.78. The number of benzene rings is 9. The van der Waals surface area contributed by atoms with Gasteiger partial charge in [0.1, 0.15) is 0 Å². The molecule has 4 aromatic heterocycles. The minimum Gasteiger partial charge on any atom is -0.309 e. The lowest BCUT2D eigenvalue weighted by Crippen LogP contribution is -2.06. The molecule has 294 valence electrons. The van der Waals surface area contributed by atoms with Gasteiger partial charge in [-0.3, -0.25) is 4.57 Å². The van der Waals surface area contributed by atoms with Gasteiger partial charge in [0.2, 0.25) is 5.95 Å². The molecule has 0 amide bonds. The first-order chi connectivity index (χ1) is 31.2. The van der Waals surface area contributed by atoms with Gasteiger partial charge in [-0.25, -0.2) is 4.98 Å². The summed E-state index contributed by atoms with van der Waals surface area (Å²) in [5, 5.41) is 7.28. The lowest BCUT2D eigenvalue weighted by atomic mass is 10.0. The molecule has 4 heterocycles. The molecule has 0 saturated carbocycles. The first-order valence-electron chi connectivity index (χ1n) is 21.2. The van der Waals surface area contributed by atoms with Gasteiger partial charge >= 0.3 is 0 Å². The fourth-order valence-electron chi connectivity index (χ4n) is 9.45. The van der Waals surface area contributed by atoms with Crippen LogP contribution in [0.2, 0.25) is 0 Å². The molecule has 5 nitrogen and oxygen atoms in total. The lowest BCUT2D eigenvalue weighted by molar-refractivity contribution is 0.953. The van der Waals surface area contributed by atoms with Gasteiger partial charge < -0.3 is 4.57 Å². The maximum Gasteiger partial charge on any atom is 0.238 e. The summed E-state index contributed by atoms with van der Waals surface area (Å²) < 4.78 is 7.17. The Morgan fingerprint density at radius 1 is 0.286 bits per heavy atom. The van der Waals surface area contributed by atoms with Crippen LogP contribution in [0.5, 0.6) is 0 Å². The fraction of sp³-hybridized carbons (Fsp3) is 0. The van der Waals surface area contributed by atoms with Crippen LogP contribution in [0, 0.1) is 0 Å². The predicted molar refractivity (Wildman–Crippen MR) is 263 cm³/mol. The third-order valence-electron chi connectivity index (χ3n) is 12.4. The Bertz CT molecular complexity index is 3880. The van der Waals surface area contributed by atoms with E-state index in [0.29, 0.717) is 17.6 Å². The van der Waals surface area contributed by atoms with Crippen molar-refractivity contribution < 1.29 is 0 Å². The van der Waals surface area contributed by atoms with Crippen LogP contribution in [0.1, 0.15) is 0 Å². The van der Waals surface area contributed by atoms with E-state index in [9.17, 15) is 0 Å². The number of para-hydroxylation sites is 3. The van der Waals surface area contributed by atoms with Crippen molar-refractivity contribution in [1.29, 1.82) is 0 Å². The number of aromatic nitrogens is 5. The first-order valence-corrected chi connectivity index (χ1v) is 22.0. The third-order valence-corrected chi connectivity index (χ3v) is 13.5. The summed E-state index contributed by atoms with van der Waals surface area (Å²) in [6.45, 7) is 0. The largest absolute Gasteiger partial charge is 0.309 e. The summed E-state index contributed by atoms with van der Waals surface area (Å²) in [7, 11) is 0. The van der Waals surface area contributed by atoms with E-state index in [4.69, 9.17) is 15.0 Å². The third kappa shape index (κ3) is 5.80. The summed E-state index contributed by atoms with van der Waals surface area (Å²) in [5.41, 5.74) is 11.8. The van der Waals surface area contributed by atoms with Crippen molar-refractivity contribution in [2.75, 3.05) is 0 Å². The van der Waals surface area contributed by atoms with Gasteiger partial charge in [0, 0.05) is 58.5 Å². The predicted octanol–water partition coefficient (Wildman–Crippen LogP) is 15.1. The Kier molecular flexibility index (Phi) is 8.01. The van der Waals surface area contributed by atoms with Gasteiger partial charge in [-0.05, 0) is 76.9 Å². The Morgan fingerprint density at radius 3 is 1.51 bits per heavy atom. The van der Waals surface area contributed by atoms with Crippen molar-refractivity contribution in [1.82, 2.24) is 24.1 Å². The summed E-state index contributed by atoms with van der Waals surface area (Å²) in [6.07, 6.45) is 0. The normalized spacial score (nSPS) is 11.8. The lowest BCUT2D eigenvalue weighted by Gasteiger charge is -2.13. The summed E-state index contributed by atoms with van der Waals surface area (Å²) >= 11 is 1.85. The zero-order chi connectivity index (χ0) is 41.4. The van der Waals surface area contributed by atoms with Gasteiger partial charge in [-0.1, -0.05) is 158 Å². The van der Waals surface area contributed by atoms with E-state index in [0.717, 1.165) is 60.8 Å². The number of rotatable bonds is 6. The van der Waals surface area contributed by atoms with E-state index in [-0.39, 0.29) is 0 Å². The molecular formula is C57H35N5S. The number of fused-ring (bicyclic) bond motifs is 9. The molecule has 0 unspecified atom stereocenters. The molecule has 63 heavy (non-hydrogen) atoms. The second-order valence-electron chi connectivity index (χ2n) is 16.0. The van der Waals surface area contributed by atoms with Crippen LogP contribution >= 0.6 is 11.3 Å². The van der Waals surface area contributed by atoms with E-state index in [2.05, 4.69) is 215 Å². The quantitative estimate of drug-likeness (QED) is 0.168. The Balaban J connectivity index is 1.01.